The average Bonchev–Trinajstić information content (AvgIpc) is 2.99. The Morgan fingerprint density at radius 2 is 1.96 bits per heavy atom. The zero-order valence-corrected chi connectivity index (χ0v) is 13.8. The first-order valence-electron chi connectivity index (χ1n) is 8.44. The Morgan fingerprint density at radius 1 is 1.16 bits per heavy atom. The van der Waals surface area contributed by atoms with Crippen molar-refractivity contribution in [1.82, 2.24) is 25.2 Å². The van der Waals surface area contributed by atoms with Gasteiger partial charge < -0.3 is 10.2 Å². The highest BCUT2D eigenvalue weighted by Crippen LogP contribution is 2.39. The van der Waals surface area contributed by atoms with Gasteiger partial charge in [-0.1, -0.05) is 6.07 Å². The van der Waals surface area contributed by atoms with Crippen molar-refractivity contribution in [2.75, 3.05) is 13.1 Å². The van der Waals surface area contributed by atoms with Crippen LogP contribution in [-0.2, 0) is 4.79 Å². The van der Waals surface area contributed by atoms with E-state index in [-0.39, 0.29) is 23.3 Å². The second-order valence-electron chi connectivity index (χ2n) is 6.70. The lowest BCUT2D eigenvalue weighted by Gasteiger charge is -2.39. The number of hydrogen-bond acceptors (Lipinski definition) is 5. The van der Waals surface area contributed by atoms with Gasteiger partial charge in [0.1, 0.15) is 5.69 Å². The molecule has 0 bridgehead atoms. The molecular weight excluding hydrogens is 318 g/mol. The van der Waals surface area contributed by atoms with E-state index in [9.17, 15) is 9.59 Å². The maximum absolute atomic E-state index is 12.5. The van der Waals surface area contributed by atoms with Gasteiger partial charge in [-0.15, -0.1) is 0 Å². The van der Waals surface area contributed by atoms with Crippen LogP contribution in [0.5, 0.6) is 0 Å². The van der Waals surface area contributed by atoms with E-state index in [1.54, 1.807) is 23.5 Å². The second-order valence-corrected chi connectivity index (χ2v) is 6.70. The van der Waals surface area contributed by atoms with E-state index in [0.29, 0.717) is 18.8 Å². The summed E-state index contributed by atoms with van der Waals surface area (Å²) in [5.41, 5.74) is 1.09. The Kier molecular flexibility index (Phi) is 3.91. The quantitative estimate of drug-likeness (QED) is 0.888. The summed E-state index contributed by atoms with van der Waals surface area (Å²) in [5.74, 6) is -0.200. The molecule has 7 nitrogen and oxygen atoms in total. The lowest BCUT2D eigenvalue weighted by atomic mass is 9.82. The van der Waals surface area contributed by atoms with Crippen LogP contribution in [0.4, 0.5) is 0 Å². The summed E-state index contributed by atoms with van der Waals surface area (Å²) < 4.78 is 0. The van der Waals surface area contributed by atoms with E-state index in [4.69, 9.17) is 0 Å². The Hall–Kier alpha value is -2.83. The fraction of sp³-hybridized carbons (Fsp3) is 0.389. The fourth-order valence-electron chi connectivity index (χ4n) is 3.77. The molecule has 2 aromatic heterocycles. The van der Waals surface area contributed by atoms with Gasteiger partial charge >= 0.3 is 0 Å². The molecule has 2 aliphatic heterocycles. The number of carbonyl (C=O) groups excluding carboxylic acids is 2. The molecule has 2 fully saturated rings. The molecule has 2 aliphatic rings. The minimum Gasteiger partial charge on any atom is -0.350 e. The SMILES string of the molecule is O=C1NC2(CCN(C(=O)c3cnccn3)CC2)C[C@@H]1c1cccnc1. The maximum Gasteiger partial charge on any atom is 0.274 e. The summed E-state index contributed by atoms with van der Waals surface area (Å²) >= 11 is 0. The Balaban J connectivity index is 1.43. The monoisotopic (exact) mass is 337 g/mol. The minimum absolute atomic E-state index is 0.0571. The molecule has 1 N–H and O–H groups in total. The molecule has 128 valence electrons. The van der Waals surface area contributed by atoms with Crippen LogP contribution in [-0.4, -0.2) is 50.3 Å². The molecule has 0 aliphatic carbocycles. The number of nitrogens with one attached hydrogen (secondary N) is 1. The first kappa shape index (κ1) is 15.7. The van der Waals surface area contributed by atoms with E-state index in [0.717, 1.165) is 24.8 Å². The summed E-state index contributed by atoms with van der Waals surface area (Å²) in [4.78, 5) is 38.9. The van der Waals surface area contributed by atoms with Crippen LogP contribution in [0.25, 0.3) is 0 Å². The van der Waals surface area contributed by atoms with Crippen molar-refractivity contribution in [3.05, 3.63) is 54.4 Å². The van der Waals surface area contributed by atoms with Crippen LogP contribution in [0.15, 0.2) is 43.1 Å². The summed E-state index contributed by atoms with van der Waals surface area (Å²) in [6.07, 6.45) is 10.3. The standard InChI is InChI=1S/C18H19N5O2/c24-16-14(13-2-1-5-19-11-13)10-18(22-16)3-8-23(9-4-18)17(25)15-12-20-6-7-21-15/h1-2,5-7,11-12,14H,3-4,8-10H2,(H,22,24)/t14-/m1/s1. The predicted molar refractivity (Wildman–Crippen MR) is 89.6 cm³/mol. The molecule has 1 spiro atoms. The van der Waals surface area contributed by atoms with Gasteiger partial charge in [-0.3, -0.25) is 19.6 Å². The number of hydrogen-bond donors (Lipinski definition) is 1. The molecule has 0 unspecified atom stereocenters. The summed E-state index contributed by atoms with van der Waals surface area (Å²) in [5, 5.41) is 3.18. The van der Waals surface area contributed by atoms with Crippen molar-refractivity contribution in [3.63, 3.8) is 0 Å². The van der Waals surface area contributed by atoms with Gasteiger partial charge in [0.05, 0.1) is 12.1 Å². The van der Waals surface area contributed by atoms with E-state index in [1.165, 1.54) is 12.4 Å². The number of nitrogens with zero attached hydrogens (tertiary/aromatic N) is 4. The van der Waals surface area contributed by atoms with E-state index in [1.807, 2.05) is 12.1 Å². The lowest BCUT2D eigenvalue weighted by molar-refractivity contribution is -0.121. The number of rotatable bonds is 2. The highest BCUT2D eigenvalue weighted by Gasteiger charge is 2.46. The summed E-state index contributed by atoms with van der Waals surface area (Å²) in [6.45, 7) is 1.21. The molecule has 4 rings (SSSR count). The molecule has 1 atom stereocenters. The van der Waals surface area contributed by atoms with Gasteiger partial charge in [-0.05, 0) is 30.9 Å². The van der Waals surface area contributed by atoms with E-state index >= 15 is 0 Å². The van der Waals surface area contributed by atoms with E-state index in [2.05, 4.69) is 20.3 Å². The number of piperidine rings is 1. The molecule has 0 radical (unpaired) electrons. The fourth-order valence-corrected chi connectivity index (χ4v) is 3.77. The smallest absolute Gasteiger partial charge is 0.274 e. The van der Waals surface area contributed by atoms with Crippen LogP contribution in [0.3, 0.4) is 0 Å². The molecule has 2 aromatic rings. The summed E-state index contributed by atoms with van der Waals surface area (Å²) in [6, 6.07) is 3.80. The zero-order chi connectivity index (χ0) is 17.3. The highest BCUT2D eigenvalue weighted by atomic mass is 16.2. The Bertz CT molecular complexity index is 773. The number of amides is 2. The van der Waals surface area contributed by atoms with Gasteiger partial charge in [-0.25, -0.2) is 4.98 Å². The first-order valence-corrected chi connectivity index (χ1v) is 8.44. The highest BCUT2D eigenvalue weighted by molar-refractivity contribution is 5.92. The van der Waals surface area contributed by atoms with Crippen LogP contribution in [0.2, 0.25) is 0 Å². The van der Waals surface area contributed by atoms with Crippen molar-refractivity contribution >= 4 is 11.8 Å². The van der Waals surface area contributed by atoms with E-state index < -0.39 is 0 Å². The minimum atomic E-state index is -0.225. The average molecular weight is 337 g/mol. The van der Waals surface area contributed by atoms with Crippen molar-refractivity contribution in [2.24, 2.45) is 0 Å². The third-order valence-electron chi connectivity index (χ3n) is 5.18. The molecular formula is C18H19N5O2. The van der Waals surface area contributed by atoms with Crippen LogP contribution >= 0.6 is 0 Å². The Morgan fingerprint density at radius 3 is 2.64 bits per heavy atom. The number of pyridine rings is 1. The van der Waals surface area contributed by atoms with Gasteiger partial charge in [-0.2, -0.15) is 0 Å². The van der Waals surface area contributed by atoms with Crippen molar-refractivity contribution in [3.8, 4) is 0 Å². The van der Waals surface area contributed by atoms with Gasteiger partial charge in [0.2, 0.25) is 5.91 Å². The van der Waals surface area contributed by atoms with Crippen molar-refractivity contribution < 1.29 is 9.59 Å². The first-order chi connectivity index (χ1) is 12.2. The topological polar surface area (TPSA) is 88.1 Å². The number of carbonyl (C=O) groups is 2. The normalized spacial score (nSPS) is 22.0. The van der Waals surface area contributed by atoms with Crippen LogP contribution < -0.4 is 5.32 Å². The molecule has 7 heteroatoms. The molecule has 0 saturated carbocycles. The molecule has 25 heavy (non-hydrogen) atoms. The van der Waals surface area contributed by atoms with Crippen LogP contribution in [0, 0.1) is 0 Å². The second kappa shape index (κ2) is 6.23. The zero-order valence-electron chi connectivity index (χ0n) is 13.8. The van der Waals surface area contributed by atoms with Crippen molar-refractivity contribution in [1.29, 1.82) is 0 Å². The molecule has 2 saturated heterocycles. The third kappa shape index (κ3) is 2.97. The predicted octanol–water partition coefficient (Wildman–Crippen LogP) is 1.15. The Labute approximate surface area is 145 Å². The van der Waals surface area contributed by atoms with Crippen LogP contribution in [0.1, 0.15) is 41.2 Å². The van der Waals surface area contributed by atoms with Gasteiger partial charge in [0, 0.05) is 43.4 Å². The maximum atomic E-state index is 12.5. The third-order valence-corrected chi connectivity index (χ3v) is 5.18. The summed E-state index contributed by atoms with van der Waals surface area (Å²) in [7, 11) is 0. The molecule has 2 amide bonds. The van der Waals surface area contributed by atoms with Crippen molar-refractivity contribution in [2.45, 2.75) is 30.7 Å². The lowest BCUT2D eigenvalue weighted by Crippen LogP contribution is -2.52. The number of aromatic nitrogens is 3. The largest absolute Gasteiger partial charge is 0.350 e. The van der Waals surface area contributed by atoms with Gasteiger partial charge in [0.15, 0.2) is 0 Å². The number of likely N-dealkylation sites (tertiary alicyclic amines) is 1. The molecule has 0 aromatic carbocycles. The molecule has 4 heterocycles. The van der Waals surface area contributed by atoms with Gasteiger partial charge in [0.25, 0.3) is 5.91 Å².